The minimum atomic E-state index is 0.0178. The molecule has 0 unspecified atom stereocenters. The van der Waals surface area contributed by atoms with Crippen LogP contribution in [-0.2, 0) is 17.8 Å². The second-order valence-corrected chi connectivity index (χ2v) is 5.36. The molecule has 1 N–H and O–H groups in total. The van der Waals surface area contributed by atoms with Gasteiger partial charge in [-0.15, -0.1) is 0 Å². The molecule has 4 nitrogen and oxygen atoms in total. The third-order valence-electron chi connectivity index (χ3n) is 3.71. The highest BCUT2D eigenvalue weighted by Crippen LogP contribution is 2.30. The fraction of sp³-hybridized carbons (Fsp3) is 0.278. The number of hydrogen-bond donors (Lipinski definition) is 1. The average molecular weight is 297 g/mol. The van der Waals surface area contributed by atoms with Crippen molar-refractivity contribution in [3.05, 3.63) is 59.2 Å². The number of carbonyl (C=O) groups is 1. The number of aryl methyl sites for hydroxylation is 1. The van der Waals surface area contributed by atoms with Gasteiger partial charge in [0.2, 0.25) is 5.91 Å². The van der Waals surface area contributed by atoms with Crippen molar-refractivity contribution in [1.82, 2.24) is 5.32 Å². The highest BCUT2D eigenvalue weighted by molar-refractivity contribution is 5.78. The van der Waals surface area contributed by atoms with Gasteiger partial charge in [0.15, 0.2) is 11.5 Å². The lowest BCUT2D eigenvalue weighted by molar-refractivity contribution is -0.120. The summed E-state index contributed by atoms with van der Waals surface area (Å²) in [5, 5.41) is 2.95. The van der Waals surface area contributed by atoms with Gasteiger partial charge < -0.3 is 14.8 Å². The predicted octanol–water partition coefficient (Wildman–Crippen LogP) is 2.63. The smallest absolute Gasteiger partial charge is 0.224 e. The zero-order chi connectivity index (χ0) is 15.4. The van der Waals surface area contributed by atoms with E-state index in [-0.39, 0.29) is 5.91 Å². The normalized spacial score (nSPS) is 12.8. The number of nitrogens with one attached hydrogen (secondary N) is 1. The van der Waals surface area contributed by atoms with Gasteiger partial charge in [0.05, 0.1) is 6.42 Å². The molecule has 1 heterocycles. The molecule has 0 aromatic heterocycles. The molecule has 114 valence electrons. The topological polar surface area (TPSA) is 47.6 Å². The van der Waals surface area contributed by atoms with E-state index in [1.807, 2.05) is 49.4 Å². The minimum Gasteiger partial charge on any atom is -0.486 e. The van der Waals surface area contributed by atoms with Crippen molar-refractivity contribution in [3.63, 3.8) is 0 Å². The third-order valence-corrected chi connectivity index (χ3v) is 3.71. The van der Waals surface area contributed by atoms with Gasteiger partial charge in [0.25, 0.3) is 0 Å². The lowest BCUT2D eigenvalue weighted by Gasteiger charge is -2.19. The van der Waals surface area contributed by atoms with Crippen molar-refractivity contribution < 1.29 is 14.3 Å². The quantitative estimate of drug-likeness (QED) is 0.943. The van der Waals surface area contributed by atoms with Crippen LogP contribution in [0.1, 0.15) is 16.7 Å². The summed E-state index contributed by atoms with van der Waals surface area (Å²) in [6.45, 7) is 3.65. The van der Waals surface area contributed by atoms with Crippen molar-refractivity contribution in [2.45, 2.75) is 19.9 Å². The van der Waals surface area contributed by atoms with Gasteiger partial charge in [0, 0.05) is 6.54 Å². The molecule has 1 aliphatic heterocycles. The summed E-state index contributed by atoms with van der Waals surface area (Å²) < 4.78 is 11.0. The maximum absolute atomic E-state index is 12.1. The summed E-state index contributed by atoms with van der Waals surface area (Å²) in [4.78, 5) is 12.1. The van der Waals surface area contributed by atoms with E-state index in [0.29, 0.717) is 26.2 Å². The number of amides is 1. The van der Waals surface area contributed by atoms with Gasteiger partial charge in [0.1, 0.15) is 13.2 Å². The Hall–Kier alpha value is -2.49. The SMILES string of the molecule is Cc1ccccc1CC(=O)NCc1ccc2c(c1)OCCO2. The molecule has 0 bridgehead atoms. The Kier molecular flexibility index (Phi) is 4.28. The van der Waals surface area contributed by atoms with E-state index in [1.54, 1.807) is 0 Å². The molecular weight excluding hydrogens is 278 g/mol. The minimum absolute atomic E-state index is 0.0178. The van der Waals surface area contributed by atoms with Crippen LogP contribution in [0.4, 0.5) is 0 Å². The molecule has 0 fully saturated rings. The second-order valence-electron chi connectivity index (χ2n) is 5.36. The van der Waals surface area contributed by atoms with E-state index >= 15 is 0 Å². The van der Waals surface area contributed by atoms with E-state index < -0.39 is 0 Å². The zero-order valence-corrected chi connectivity index (χ0v) is 12.6. The van der Waals surface area contributed by atoms with Gasteiger partial charge in [-0.1, -0.05) is 30.3 Å². The van der Waals surface area contributed by atoms with Gasteiger partial charge >= 0.3 is 0 Å². The van der Waals surface area contributed by atoms with E-state index in [2.05, 4.69) is 5.32 Å². The molecule has 2 aromatic carbocycles. The number of benzene rings is 2. The van der Waals surface area contributed by atoms with Crippen LogP contribution in [0, 0.1) is 6.92 Å². The first-order chi connectivity index (χ1) is 10.7. The first-order valence-electron chi connectivity index (χ1n) is 7.42. The Labute approximate surface area is 130 Å². The summed E-state index contributed by atoms with van der Waals surface area (Å²) >= 11 is 0. The summed E-state index contributed by atoms with van der Waals surface area (Å²) in [7, 11) is 0. The average Bonchev–Trinajstić information content (AvgIpc) is 2.55. The Morgan fingerprint density at radius 2 is 1.86 bits per heavy atom. The summed E-state index contributed by atoms with van der Waals surface area (Å²) in [5.41, 5.74) is 3.20. The molecule has 0 radical (unpaired) electrons. The van der Waals surface area contributed by atoms with Crippen LogP contribution in [0.2, 0.25) is 0 Å². The molecule has 1 amide bonds. The first-order valence-corrected chi connectivity index (χ1v) is 7.42. The molecule has 0 aliphatic carbocycles. The van der Waals surface area contributed by atoms with Crippen LogP contribution in [0.3, 0.4) is 0 Å². The van der Waals surface area contributed by atoms with Crippen molar-refractivity contribution in [2.24, 2.45) is 0 Å². The standard InChI is InChI=1S/C18H19NO3/c1-13-4-2-3-5-15(13)11-18(20)19-12-14-6-7-16-17(10-14)22-9-8-21-16/h2-7,10H,8-9,11-12H2,1H3,(H,19,20). The van der Waals surface area contributed by atoms with E-state index in [1.165, 1.54) is 0 Å². The largest absolute Gasteiger partial charge is 0.486 e. The summed E-state index contributed by atoms with van der Waals surface area (Å²) in [6, 6.07) is 13.7. The summed E-state index contributed by atoms with van der Waals surface area (Å²) in [6.07, 6.45) is 0.400. The van der Waals surface area contributed by atoms with E-state index in [0.717, 1.165) is 28.2 Å². The predicted molar refractivity (Wildman–Crippen MR) is 84.2 cm³/mol. The second kappa shape index (κ2) is 6.52. The number of ether oxygens (including phenoxy) is 2. The van der Waals surface area contributed by atoms with Crippen LogP contribution >= 0.6 is 0 Å². The van der Waals surface area contributed by atoms with E-state index in [9.17, 15) is 4.79 Å². The molecular formula is C18H19NO3. The van der Waals surface area contributed by atoms with Crippen molar-refractivity contribution in [1.29, 1.82) is 0 Å². The molecule has 0 spiro atoms. The maximum Gasteiger partial charge on any atom is 0.224 e. The van der Waals surface area contributed by atoms with Crippen LogP contribution in [0.15, 0.2) is 42.5 Å². The Bertz CT molecular complexity index is 682. The van der Waals surface area contributed by atoms with Crippen LogP contribution in [0.25, 0.3) is 0 Å². The Morgan fingerprint density at radius 3 is 2.68 bits per heavy atom. The molecule has 0 saturated heterocycles. The monoisotopic (exact) mass is 297 g/mol. The van der Waals surface area contributed by atoms with Crippen LogP contribution < -0.4 is 14.8 Å². The van der Waals surface area contributed by atoms with Crippen molar-refractivity contribution in [3.8, 4) is 11.5 Å². The lowest BCUT2D eigenvalue weighted by atomic mass is 10.1. The number of carbonyl (C=O) groups excluding carboxylic acids is 1. The zero-order valence-electron chi connectivity index (χ0n) is 12.6. The molecule has 0 saturated carbocycles. The van der Waals surface area contributed by atoms with Crippen LogP contribution in [-0.4, -0.2) is 19.1 Å². The Morgan fingerprint density at radius 1 is 1.09 bits per heavy atom. The fourth-order valence-corrected chi connectivity index (χ4v) is 2.44. The van der Waals surface area contributed by atoms with Gasteiger partial charge in [-0.2, -0.15) is 0 Å². The Balaban J connectivity index is 1.58. The highest BCUT2D eigenvalue weighted by atomic mass is 16.6. The first kappa shape index (κ1) is 14.4. The molecule has 3 rings (SSSR count). The molecule has 0 atom stereocenters. The van der Waals surface area contributed by atoms with Gasteiger partial charge in [-0.3, -0.25) is 4.79 Å². The van der Waals surface area contributed by atoms with Crippen molar-refractivity contribution in [2.75, 3.05) is 13.2 Å². The summed E-state index contributed by atoms with van der Waals surface area (Å²) in [5.74, 6) is 1.53. The molecule has 1 aliphatic rings. The number of fused-ring (bicyclic) bond motifs is 1. The van der Waals surface area contributed by atoms with E-state index in [4.69, 9.17) is 9.47 Å². The van der Waals surface area contributed by atoms with Crippen molar-refractivity contribution >= 4 is 5.91 Å². The molecule has 22 heavy (non-hydrogen) atoms. The maximum atomic E-state index is 12.1. The number of hydrogen-bond acceptors (Lipinski definition) is 3. The molecule has 4 heteroatoms. The highest BCUT2D eigenvalue weighted by Gasteiger charge is 2.12. The van der Waals surface area contributed by atoms with Gasteiger partial charge in [-0.25, -0.2) is 0 Å². The molecule has 2 aromatic rings. The lowest BCUT2D eigenvalue weighted by Crippen LogP contribution is -2.25. The fourth-order valence-electron chi connectivity index (χ4n) is 2.44. The van der Waals surface area contributed by atoms with Crippen LogP contribution in [0.5, 0.6) is 11.5 Å². The third kappa shape index (κ3) is 3.39. The number of rotatable bonds is 4. The van der Waals surface area contributed by atoms with Gasteiger partial charge in [-0.05, 0) is 35.7 Å².